The van der Waals surface area contributed by atoms with Crippen LogP contribution in [0, 0.1) is 0 Å². The quantitative estimate of drug-likeness (QED) is 0.560. The molecule has 0 amide bonds. The molecule has 0 saturated carbocycles. The fraction of sp³-hybridized carbons (Fsp3) is 0. The highest BCUT2D eigenvalue weighted by Gasteiger charge is 1.98. The topological polar surface area (TPSA) is 41.6 Å². The number of benzene rings is 1. The Bertz CT molecular complexity index is 519. The first kappa shape index (κ1) is 6.60. The first-order valence-electron chi connectivity index (χ1n) is 4.10. The van der Waals surface area contributed by atoms with Crippen LogP contribution in [0.1, 0.15) is 0 Å². The van der Waals surface area contributed by atoms with E-state index >= 15 is 0 Å². The van der Waals surface area contributed by atoms with E-state index in [9.17, 15) is 0 Å². The van der Waals surface area contributed by atoms with Crippen LogP contribution >= 0.6 is 0 Å². The van der Waals surface area contributed by atoms with Crippen LogP contribution in [0.4, 0.5) is 0 Å². The molecule has 2 heterocycles. The van der Waals surface area contributed by atoms with Gasteiger partial charge in [-0.15, -0.1) is 0 Å². The zero-order valence-electron chi connectivity index (χ0n) is 6.86. The maximum atomic E-state index is 4.23. The molecule has 0 aliphatic rings. The Morgan fingerprint density at radius 3 is 3.15 bits per heavy atom. The second-order valence-electron chi connectivity index (χ2n) is 2.99. The molecule has 0 atom stereocenters. The molecule has 3 aromatic rings. The van der Waals surface area contributed by atoms with Crippen molar-refractivity contribution in [3.8, 4) is 0 Å². The van der Waals surface area contributed by atoms with Gasteiger partial charge >= 0.3 is 0 Å². The van der Waals surface area contributed by atoms with E-state index in [2.05, 4.69) is 21.0 Å². The number of hydrogen-bond acceptors (Lipinski definition) is 2. The van der Waals surface area contributed by atoms with Gasteiger partial charge in [-0.3, -0.25) is 4.98 Å². The van der Waals surface area contributed by atoms with Crippen LogP contribution in [0.5, 0.6) is 0 Å². The number of nitrogens with one attached hydrogen (secondary N) is 1. The standard InChI is InChI=1S/C10H7N3/c1-2-12-9-4-10-8(3-7(1)9)5-11-6-13-10/h1-6H,(H,11,13). The molecule has 1 N–H and O–H groups in total. The first-order chi connectivity index (χ1) is 6.43. The third-order valence-electron chi connectivity index (χ3n) is 2.17. The summed E-state index contributed by atoms with van der Waals surface area (Å²) in [6.45, 7) is 0. The van der Waals surface area contributed by atoms with Crippen molar-refractivity contribution in [3.05, 3.63) is 36.9 Å². The highest BCUT2D eigenvalue weighted by atomic mass is 14.8. The monoisotopic (exact) mass is 169 g/mol. The van der Waals surface area contributed by atoms with Crippen LogP contribution in [0.3, 0.4) is 0 Å². The molecule has 0 radical (unpaired) electrons. The molecule has 0 aliphatic heterocycles. The molecule has 2 aromatic heterocycles. The van der Waals surface area contributed by atoms with Gasteiger partial charge < -0.3 is 4.98 Å². The van der Waals surface area contributed by atoms with Crippen LogP contribution in [0.2, 0.25) is 0 Å². The Morgan fingerprint density at radius 2 is 2.15 bits per heavy atom. The van der Waals surface area contributed by atoms with Gasteiger partial charge in [-0.05, 0) is 18.2 Å². The predicted octanol–water partition coefficient (Wildman–Crippen LogP) is 2.11. The summed E-state index contributed by atoms with van der Waals surface area (Å²) < 4.78 is 0. The summed E-state index contributed by atoms with van der Waals surface area (Å²) in [7, 11) is 0. The predicted molar refractivity (Wildman–Crippen MR) is 51.4 cm³/mol. The molecule has 0 bridgehead atoms. The lowest BCUT2D eigenvalue weighted by molar-refractivity contribution is 1.22. The summed E-state index contributed by atoms with van der Waals surface area (Å²) in [6.07, 6.45) is 5.34. The van der Waals surface area contributed by atoms with E-state index in [4.69, 9.17) is 0 Å². The van der Waals surface area contributed by atoms with Crippen molar-refractivity contribution in [2.75, 3.05) is 0 Å². The van der Waals surface area contributed by atoms with Crippen LogP contribution in [0.15, 0.2) is 36.9 Å². The molecule has 3 nitrogen and oxygen atoms in total. The minimum Gasteiger partial charge on any atom is -0.346 e. The summed E-state index contributed by atoms with van der Waals surface area (Å²) in [4.78, 5) is 11.3. The van der Waals surface area contributed by atoms with Crippen molar-refractivity contribution in [1.82, 2.24) is 15.0 Å². The van der Waals surface area contributed by atoms with Crippen molar-refractivity contribution < 1.29 is 0 Å². The van der Waals surface area contributed by atoms with Crippen LogP contribution in [-0.4, -0.2) is 15.0 Å². The van der Waals surface area contributed by atoms with Gasteiger partial charge in [0.05, 0.1) is 17.4 Å². The van der Waals surface area contributed by atoms with Crippen molar-refractivity contribution in [2.45, 2.75) is 0 Å². The lowest BCUT2D eigenvalue weighted by atomic mass is 10.2. The lowest BCUT2D eigenvalue weighted by Crippen LogP contribution is -1.80. The third-order valence-corrected chi connectivity index (χ3v) is 2.17. The maximum absolute atomic E-state index is 4.23. The van der Waals surface area contributed by atoms with Gasteiger partial charge in [-0.2, -0.15) is 0 Å². The van der Waals surface area contributed by atoms with E-state index in [1.54, 1.807) is 6.33 Å². The van der Waals surface area contributed by atoms with Crippen LogP contribution in [0.25, 0.3) is 21.8 Å². The van der Waals surface area contributed by atoms with E-state index in [0.717, 1.165) is 21.8 Å². The molecule has 13 heavy (non-hydrogen) atoms. The highest BCUT2D eigenvalue weighted by Crippen LogP contribution is 2.18. The number of rotatable bonds is 0. The molecule has 3 rings (SSSR count). The minimum absolute atomic E-state index is 1.02. The van der Waals surface area contributed by atoms with Gasteiger partial charge in [0.1, 0.15) is 0 Å². The normalized spacial score (nSPS) is 11.1. The Morgan fingerprint density at radius 1 is 1.15 bits per heavy atom. The number of aromatic amines is 1. The summed E-state index contributed by atoms with van der Waals surface area (Å²) in [5, 5.41) is 2.27. The zero-order valence-corrected chi connectivity index (χ0v) is 6.86. The molecule has 1 aromatic carbocycles. The molecule has 3 heteroatoms. The highest BCUT2D eigenvalue weighted by molar-refractivity contribution is 5.94. The number of H-pyrrole nitrogens is 1. The van der Waals surface area contributed by atoms with E-state index in [1.807, 2.05) is 24.5 Å². The first-order valence-corrected chi connectivity index (χ1v) is 4.10. The molecule has 0 unspecified atom stereocenters. The van der Waals surface area contributed by atoms with E-state index in [1.165, 1.54) is 0 Å². The fourth-order valence-electron chi connectivity index (χ4n) is 1.52. The minimum atomic E-state index is 1.02. The average molecular weight is 169 g/mol. The molecule has 0 fully saturated rings. The van der Waals surface area contributed by atoms with Crippen molar-refractivity contribution >= 4 is 21.8 Å². The van der Waals surface area contributed by atoms with Gasteiger partial charge in [0.15, 0.2) is 0 Å². The zero-order chi connectivity index (χ0) is 8.67. The summed E-state index contributed by atoms with van der Waals surface area (Å²) in [5.41, 5.74) is 2.09. The van der Waals surface area contributed by atoms with Gasteiger partial charge in [0.25, 0.3) is 0 Å². The molecule has 62 valence electrons. The van der Waals surface area contributed by atoms with Crippen LogP contribution in [-0.2, 0) is 0 Å². The number of hydrogen-bond donors (Lipinski definition) is 1. The van der Waals surface area contributed by atoms with Crippen molar-refractivity contribution in [1.29, 1.82) is 0 Å². The van der Waals surface area contributed by atoms with Gasteiger partial charge in [-0.25, -0.2) is 4.98 Å². The number of fused-ring (bicyclic) bond motifs is 2. The Labute approximate surface area is 74.4 Å². The largest absolute Gasteiger partial charge is 0.346 e. The maximum Gasteiger partial charge on any atom is 0.0923 e. The van der Waals surface area contributed by atoms with Crippen LogP contribution < -0.4 is 0 Å². The Kier molecular flexibility index (Phi) is 1.16. The van der Waals surface area contributed by atoms with E-state index in [0.29, 0.717) is 0 Å². The average Bonchev–Trinajstić information content (AvgIpc) is 2.61. The van der Waals surface area contributed by atoms with Gasteiger partial charge in [0.2, 0.25) is 0 Å². The van der Waals surface area contributed by atoms with Gasteiger partial charge in [-0.1, -0.05) is 0 Å². The third kappa shape index (κ3) is 0.902. The van der Waals surface area contributed by atoms with Gasteiger partial charge in [0, 0.05) is 23.2 Å². The number of nitrogens with zero attached hydrogens (tertiary/aromatic N) is 2. The molecule has 0 aliphatic carbocycles. The molecule has 0 saturated heterocycles. The SMILES string of the molecule is c1cc2cc3cnc[nH]c3cc2n1. The Balaban J connectivity index is 2.57. The smallest absolute Gasteiger partial charge is 0.0923 e. The second-order valence-corrected chi connectivity index (χ2v) is 2.99. The van der Waals surface area contributed by atoms with E-state index < -0.39 is 0 Å². The molecular formula is C10H7N3. The second kappa shape index (κ2) is 2.29. The van der Waals surface area contributed by atoms with Crippen molar-refractivity contribution in [2.24, 2.45) is 0 Å². The lowest BCUT2D eigenvalue weighted by Gasteiger charge is -1.96. The summed E-state index contributed by atoms with van der Waals surface area (Å²) in [5.74, 6) is 0. The number of aromatic nitrogens is 3. The molecule has 0 spiro atoms. The van der Waals surface area contributed by atoms with E-state index in [-0.39, 0.29) is 0 Å². The summed E-state index contributed by atoms with van der Waals surface area (Å²) in [6, 6.07) is 6.12. The fourth-order valence-corrected chi connectivity index (χ4v) is 1.52. The van der Waals surface area contributed by atoms with Crippen molar-refractivity contribution in [3.63, 3.8) is 0 Å². The molecular weight excluding hydrogens is 162 g/mol. The summed E-state index contributed by atoms with van der Waals surface area (Å²) >= 11 is 0. The Hall–Kier alpha value is -1.90.